The molecule has 0 spiro atoms. The molecule has 0 amide bonds. The first-order chi connectivity index (χ1) is 10.0. The molecule has 1 aliphatic heterocycles. The van der Waals surface area contributed by atoms with Crippen LogP contribution in [-0.4, -0.2) is 16.9 Å². The Kier molecular flexibility index (Phi) is 3.33. The fourth-order valence-electron chi connectivity index (χ4n) is 2.92. The van der Waals surface area contributed by atoms with E-state index < -0.39 is 0 Å². The molecular weight excluding hydrogens is 273 g/mol. The third-order valence-corrected chi connectivity index (χ3v) is 3.84. The van der Waals surface area contributed by atoms with Crippen molar-refractivity contribution in [1.82, 2.24) is 9.78 Å². The molecule has 2 aromatic rings. The van der Waals surface area contributed by atoms with Gasteiger partial charge in [0.2, 0.25) is 5.88 Å². The van der Waals surface area contributed by atoms with Crippen LogP contribution in [0.15, 0.2) is 18.2 Å². The maximum Gasteiger partial charge on any atom is 0.218 e. The van der Waals surface area contributed by atoms with Crippen molar-refractivity contribution < 1.29 is 13.9 Å². The van der Waals surface area contributed by atoms with Crippen LogP contribution in [0.1, 0.15) is 35.4 Å². The molecule has 21 heavy (non-hydrogen) atoms. The summed E-state index contributed by atoms with van der Waals surface area (Å²) in [6.07, 6.45) is 0.305. The number of methoxy groups -OCH3 is 1. The fraction of sp³-hybridized carbons (Fsp3) is 0.400. The second-order valence-electron chi connectivity index (χ2n) is 5.26. The number of nitrogens with zero attached hydrogens (tertiary/aromatic N) is 2. The molecule has 0 saturated heterocycles. The Bertz CT molecular complexity index is 684. The zero-order valence-electron chi connectivity index (χ0n) is 12.3. The molecule has 1 aromatic carbocycles. The van der Waals surface area contributed by atoms with Crippen molar-refractivity contribution in [2.45, 2.75) is 25.5 Å². The number of halogens is 1. The number of aromatic nitrogens is 2. The molecule has 6 heteroatoms. The van der Waals surface area contributed by atoms with Crippen LogP contribution >= 0.6 is 0 Å². The van der Waals surface area contributed by atoms with Gasteiger partial charge in [0.25, 0.3) is 0 Å². The summed E-state index contributed by atoms with van der Waals surface area (Å²) in [6, 6.07) is 4.25. The number of nitrogens with two attached hydrogens (primary N) is 1. The van der Waals surface area contributed by atoms with Gasteiger partial charge in [0.15, 0.2) is 0 Å². The highest BCUT2D eigenvalue weighted by Crippen LogP contribution is 2.43. The zero-order valence-corrected chi connectivity index (χ0v) is 12.3. The van der Waals surface area contributed by atoms with Crippen molar-refractivity contribution in [3.63, 3.8) is 0 Å². The SMILES string of the molecule is COc1c(C2C[C@@H](N)c3ccc(F)cc3O2)c(C)nn1C. The molecule has 0 aliphatic carbocycles. The van der Waals surface area contributed by atoms with Gasteiger partial charge < -0.3 is 15.2 Å². The number of aryl methyl sites for hydroxylation is 2. The molecule has 3 rings (SSSR count). The highest BCUT2D eigenvalue weighted by atomic mass is 19.1. The smallest absolute Gasteiger partial charge is 0.218 e. The molecule has 0 radical (unpaired) electrons. The van der Waals surface area contributed by atoms with Crippen LogP contribution in [0.25, 0.3) is 0 Å². The molecule has 0 bridgehead atoms. The second-order valence-corrected chi connectivity index (χ2v) is 5.26. The summed E-state index contributed by atoms with van der Waals surface area (Å²) >= 11 is 0. The molecule has 5 nitrogen and oxygen atoms in total. The van der Waals surface area contributed by atoms with Crippen molar-refractivity contribution in [1.29, 1.82) is 0 Å². The Morgan fingerprint density at radius 2 is 2.24 bits per heavy atom. The zero-order chi connectivity index (χ0) is 15.1. The van der Waals surface area contributed by atoms with Crippen LogP contribution in [0.2, 0.25) is 0 Å². The minimum atomic E-state index is -0.337. The van der Waals surface area contributed by atoms with E-state index in [0.717, 1.165) is 16.8 Å². The highest BCUT2D eigenvalue weighted by Gasteiger charge is 2.32. The van der Waals surface area contributed by atoms with Gasteiger partial charge in [-0.3, -0.25) is 0 Å². The average molecular weight is 291 g/mol. The van der Waals surface area contributed by atoms with Crippen molar-refractivity contribution >= 4 is 0 Å². The Morgan fingerprint density at radius 1 is 1.48 bits per heavy atom. The second kappa shape index (κ2) is 5.04. The molecular formula is C15H18FN3O2. The monoisotopic (exact) mass is 291 g/mol. The van der Waals surface area contributed by atoms with Gasteiger partial charge in [-0.05, 0) is 13.0 Å². The predicted molar refractivity (Wildman–Crippen MR) is 75.8 cm³/mol. The Hall–Kier alpha value is -2.08. The van der Waals surface area contributed by atoms with E-state index in [1.807, 2.05) is 14.0 Å². The number of hydrogen-bond acceptors (Lipinski definition) is 4. The van der Waals surface area contributed by atoms with E-state index in [9.17, 15) is 4.39 Å². The minimum absolute atomic E-state index is 0.205. The minimum Gasteiger partial charge on any atom is -0.485 e. The normalized spacial score (nSPS) is 20.8. The number of hydrogen-bond donors (Lipinski definition) is 1. The molecule has 1 unspecified atom stereocenters. The molecule has 112 valence electrons. The molecule has 0 saturated carbocycles. The summed E-state index contributed by atoms with van der Waals surface area (Å²) < 4.78 is 26.4. The quantitative estimate of drug-likeness (QED) is 0.923. The van der Waals surface area contributed by atoms with Crippen molar-refractivity contribution in [3.8, 4) is 11.6 Å². The summed E-state index contributed by atoms with van der Waals surface area (Å²) in [5.41, 5.74) is 8.72. The number of rotatable bonds is 2. The fourth-order valence-corrected chi connectivity index (χ4v) is 2.92. The number of ether oxygens (including phenoxy) is 2. The largest absolute Gasteiger partial charge is 0.485 e. The lowest BCUT2D eigenvalue weighted by Crippen LogP contribution is -2.24. The van der Waals surface area contributed by atoms with Crippen LogP contribution < -0.4 is 15.2 Å². The number of benzene rings is 1. The first-order valence-corrected chi connectivity index (χ1v) is 6.80. The Labute approximate surface area is 122 Å². The Balaban J connectivity index is 2.03. The van der Waals surface area contributed by atoms with Crippen molar-refractivity contribution in [3.05, 3.63) is 40.8 Å². The molecule has 2 atom stereocenters. The van der Waals surface area contributed by atoms with E-state index in [0.29, 0.717) is 18.1 Å². The molecule has 0 fully saturated rings. The van der Waals surface area contributed by atoms with Crippen LogP contribution in [0.4, 0.5) is 4.39 Å². The highest BCUT2D eigenvalue weighted by molar-refractivity contribution is 5.42. The van der Waals surface area contributed by atoms with E-state index in [1.54, 1.807) is 17.9 Å². The van der Waals surface area contributed by atoms with Crippen molar-refractivity contribution in [2.75, 3.05) is 7.11 Å². The van der Waals surface area contributed by atoms with Crippen molar-refractivity contribution in [2.24, 2.45) is 12.8 Å². The maximum absolute atomic E-state index is 13.4. The van der Waals surface area contributed by atoms with Crippen LogP contribution in [0.3, 0.4) is 0 Å². The van der Waals surface area contributed by atoms with Crippen LogP contribution in [-0.2, 0) is 7.05 Å². The standard InChI is InChI=1S/C15H18FN3O2/c1-8-14(15(20-3)19(2)18-8)13-7-11(17)10-5-4-9(16)6-12(10)21-13/h4-6,11,13H,7,17H2,1-3H3/t11-,13?/m1/s1. The molecule has 1 aromatic heterocycles. The lowest BCUT2D eigenvalue weighted by atomic mass is 9.93. The molecule has 2 N–H and O–H groups in total. The van der Waals surface area contributed by atoms with Gasteiger partial charge in [0.05, 0.1) is 18.4 Å². The summed E-state index contributed by atoms with van der Waals surface area (Å²) in [7, 11) is 3.40. The van der Waals surface area contributed by atoms with Gasteiger partial charge >= 0.3 is 0 Å². The third-order valence-electron chi connectivity index (χ3n) is 3.84. The van der Waals surface area contributed by atoms with Gasteiger partial charge in [-0.25, -0.2) is 9.07 Å². The van der Waals surface area contributed by atoms with E-state index in [4.69, 9.17) is 15.2 Å². The van der Waals surface area contributed by atoms with E-state index >= 15 is 0 Å². The topological polar surface area (TPSA) is 62.3 Å². The van der Waals surface area contributed by atoms with E-state index in [2.05, 4.69) is 5.10 Å². The lowest BCUT2D eigenvalue weighted by Gasteiger charge is -2.30. The van der Waals surface area contributed by atoms with Crippen LogP contribution in [0, 0.1) is 12.7 Å². The molecule has 1 aliphatic rings. The lowest BCUT2D eigenvalue weighted by molar-refractivity contribution is 0.156. The summed E-state index contributed by atoms with van der Waals surface area (Å²) in [6.45, 7) is 1.90. The maximum atomic E-state index is 13.4. The number of fused-ring (bicyclic) bond motifs is 1. The van der Waals surface area contributed by atoms with Gasteiger partial charge in [0.1, 0.15) is 17.7 Å². The average Bonchev–Trinajstić information content (AvgIpc) is 2.71. The summed E-state index contributed by atoms with van der Waals surface area (Å²) in [4.78, 5) is 0. The van der Waals surface area contributed by atoms with Gasteiger partial charge in [-0.15, -0.1) is 0 Å². The van der Waals surface area contributed by atoms with E-state index in [-0.39, 0.29) is 18.0 Å². The summed E-state index contributed by atoms with van der Waals surface area (Å²) in [5, 5.41) is 4.35. The Morgan fingerprint density at radius 3 is 2.95 bits per heavy atom. The van der Waals surface area contributed by atoms with Crippen LogP contribution in [0.5, 0.6) is 11.6 Å². The van der Waals surface area contributed by atoms with Gasteiger partial charge in [-0.1, -0.05) is 6.07 Å². The third kappa shape index (κ3) is 2.25. The first kappa shape index (κ1) is 13.9. The van der Waals surface area contributed by atoms with Gasteiger partial charge in [-0.2, -0.15) is 5.10 Å². The first-order valence-electron chi connectivity index (χ1n) is 6.80. The van der Waals surface area contributed by atoms with Gasteiger partial charge in [0, 0.05) is 31.1 Å². The van der Waals surface area contributed by atoms with E-state index in [1.165, 1.54) is 12.1 Å². The molecule has 2 heterocycles. The summed E-state index contributed by atoms with van der Waals surface area (Å²) in [5.74, 6) is 0.796. The predicted octanol–water partition coefficient (Wildman–Crippen LogP) is 2.40.